The number of phenols is 1. The van der Waals surface area contributed by atoms with Gasteiger partial charge in [0, 0.05) is 35.9 Å². The lowest BCUT2D eigenvalue weighted by Crippen LogP contribution is -2.60. The highest BCUT2D eigenvalue weighted by molar-refractivity contribution is 6.31. The van der Waals surface area contributed by atoms with Gasteiger partial charge in [-0.3, -0.25) is 28.9 Å². The van der Waals surface area contributed by atoms with Crippen molar-refractivity contribution in [3.05, 3.63) is 125 Å². The fourth-order valence-electron chi connectivity index (χ4n) is 9.18. The van der Waals surface area contributed by atoms with E-state index in [2.05, 4.69) is 0 Å². The molecular formula is C40H33NO8. The van der Waals surface area contributed by atoms with Gasteiger partial charge in [-0.25, -0.2) is 0 Å². The number of hydrogen-bond donors (Lipinski definition) is 2. The maximum atomic E-state index is 15.1. The lowest BCUT2D eigenvalue weighted by Gasteiger charge is -2.56. The van der Waals surface area contributed by atoms with E-state index >= 15 is 4.79 Å². The second-order valence-electron chi connectivity index (χ2n) is 13.5. The molecule has 0 bridgehead atoms. The van der Waals surface area contributed by atoms with E-state index in [0.717, 1.165) is 21.6 Å². The summed E-state index contributed by atoms with van der Waals surface area (Å²) >= 11 is 0. The van der Waals surface area contributed by atoms with Crippen LogP contribution in [0, 0.1) is 29.6 Å². The molecule has 0 aromatic heterocycles. The maximum absolute atomic E-state index is 15.1. The number of likely N-dealkylation sites (tertiary alicyclic amines) is 1. The van der Waals surface area contributed by atoms with Crippen molar-refractivity contribution < 1.29 is 38.9 Å². The zero-order chi connectivity index (χ0) is 34.0. The summed E-state index contributed by atoms with van der Waals surface area (Å²) in [6.45, 7) is -0.222. The Bertz CT molecular complexity index is 2030. The van der Waals surface area contributed by atoms with Gasteiger partial charge in [-0.05, 0) is 59.7 Å². The predicted octanol–water partition coefficient (Wildman–Crippen LogP) is 5.04. The van der Waals surface area contributed by atoms with Gasteiger partial charge in [0.15, 0.2) is 11.6 Å². The molecule has 1 saturated carbocycles. The van der Waals surface area contributed by atoms with E-state index in [1.807, 2.05) is 54.6 Å². The van der Waals surface area contributed by atoms with E-state index in [1.165, 1.54) is 12.1 Å². The molecule has 9 heteroatoms. The van der Waals surface area contributed by atoms with Gasteiger partial charge >= 0.3 is 5.97 Å². The Hall–Kier alpha value is -5.57. The molecule has 5 aliphatic rings. The number of hydrogen-bond acceptors (Lipinski definition) is 7. The summed E-state index contributed by atoms with van der Waals surface area (Å²) in [5.41, 5.74) is 2.46. The Labute approximate surface area is 282 Å². The van der Waals surface area contributed by atoms with Gasteiger partial charge in [-0.15, -0.1) is 0 Å². The van der Waals surface area contributed by atoms with E-state index in [1.54, 1.807) is 30.5 Å². The van der Waals surface area contributed by atoms with Crippen LogP contribution >= 0.6 is 0 Å². The van der Waals surface area contributed by atoms with Crippen LogP contribution in [-0.2, 0) is 35.8 Å². The van der Waals surface area contributed by atoms with Crippen LogP contribution in [0.3, 0.4) is 0 Å². The molecule has 2 N–H and O–H groups in total. The minimum Gasteiger partial charge on any atom is -0.508 e. The number of ether oxygens (including phenoxy) is 1. The summed E-state index contributed by atoms with van der Waals surface area (Å²) in [7, 11) is 0. The number of ketones is 2. The molecule has 0 spiro atoms. The first kappa shape index (κ1) is 30.7. The Morgan fingerprint density at radius 1 is 0.918 bits per heavy atom. The van der Waals surface area contributed by atoms with E-state index in [4.69, 9.17) is 4.74 Å². The average Bonchev–Trinajstić information content (AvgIpc) is 3.36. The maximum Gasteiger partial charge on any atom is 0.305 e. The summed E-state index contributed by atoms with van der Waals surface area (Å²) in [6.07, 6.45) is 5.44. The monoisotopic (exact) mass is 655 g/mol. The first-order valence-corrected chi connectivity index (χ1v) is 16.6. The van der Waals surface area contributed by atoms with Crippen molar-refractivity contribution in [2.75, 3.05) is 6.54 Å². The highest BCUT2D eigenvalue weighted by Crippen LogP contribution is 2.63. The number of imide groups is 1. The van der Waals surface area contributed by atoms with Gasteiger partial charge < -0.3 is 14.9 Å². The zero-order valence-corrected chi connectivity index (χ0v) is 26.5. The molecule has 2 fully saturated rings. The smallest absolute Gasteiger partial charge is 0.305 e. The molecule has 3 aliphatic carbocycles. The van der Waals surface area contributed by atoms with Crippen molar-refractivity contribution in [1.82, 2.24) is 4.90 Å². The number of carboxylic acid groups (broad SMARTS) is 1. The molecule has 3 aromatic rings. The minimum absolute atomic E-state index is 0.0661. The Kier molecular flexibility index (Phi) is 7.24. The van der Waals surface area contributed by atoms with Gasteiger partial charge in [0.25, 0.3) is 0 Å². The third kappa shape index (κ3) is 4.63. The topological polar surface area (TPSA) is 138 Å². The Morgan fingerprint density at radius 2 is 1.65 bits per heavy atom. The van der Waals surface area contributed by atoms with Crippen LogP contribution in [0.25, 0.3) is 5.57 Å². The molecule has 3 aromatic carbocycles. The molecule has 6 atom stereocenters. The van der Waals surface area contributed by atoms with Crippen molar-refractivity contribution in [3.63, 3.8) is 0 Å². The lowest BCUT2D eigenvalue weighted by molar-refractivity contribution is -0.142. The predicted molar refractivity (Wildman–Crippen MR) is 177 cm³/mol. The van der Waals surface area contributed by atoms with E-state index in [0.29, 0.717) is 28.9 Å². The molecule has 2 amide bonds. The average molecular weight is 656 g/mol. The zero-order valence-electron chi connectivity index (χ0n) is 26.5. The number of rotatable bonds is 6. The lowest BCUT2D eigenvalue weighted by atomic mass is 9.44. The number of aliphatic carboxylic acids is 1. The molecule has 246 valence electrons. The Morgan fingerprint density at radius 3 is 2.39 bits per heavy atom. The summed E-state index contributed by atoms with van der Waals surface area (Å²) < 4.78 is 6.14. The van der Waals surface area contributed by atoms with Gasteiger partial charge in [-0.2, -0.15) is 0 Å². The van der Waals surface area contributed by atoms with Crippen LogP contribution < -0.4 is 4.74 Å². The van der Waals surface area contributed by atoms with E-state index < -0.39 is 52.8 Å². The first-order chi connectivity index (χ1) is 23.7. The molecule has 8 rings (SSSR count). The van der Waals surface area contributed by atoms with E-state index in [-0.39, 0.29) is 43.1 Å². The van der Waals surface area contributed by atoms with Crippen molar-refractivity contribution in [1.29, 1.82) is 0 Å². The molecule has 9 nitrogen and oxygen atoms in total. The molecule has 2 heterocycles. The Balaban J connectivity index is 1.34. The molecule has 1 saturated heterocycles. The minimum atomic E-state index is -1.38. The number of benzene rings is 3. The van der Waals surface area contributed by atoms with Gasteiger partial charge in [0.2, 0.25) is 11.8 Å². The second-order valence-corrected chi connectivity index (χ2v) is 13.5. The van der Waals surface area contributed by atoms with Crippen molar-refractivity contribution in [2.45, 2.75) is 31.1 Å². The summed E-state index contributed by atoms with van der Waals surface area (Å²) in [6, 6.07) is 23.2. The third-order valence-corrected chi connectivity index (χ3v) is 11.2. The molecule has 49 heavy (non-hydrogen) atoms. The number of aromatic hydroxyl groups is 1. The fourth-order valence-corrected chi connectivity index (χ4v) is 9.18. The first-order valence-electron chi connectivity index (χ1n) is 16.6. The molecule has 2 aliphatic heterocycles. The number of fused-ring (bicyclic) bond motifs is 5. The largest absolute Gasteiger partial charge is 0.508 e. The SMILES string of the molecule is O=C(O)CCN1C(=O)C2CC=C3C(CC4C(=O)C(c5ccccc5)=CC(=O)C4(c4ccccc4)C3C3=COc4ccc(O)cc4C3)C2C1=O. The third-order valence-electron chi connectivity index (χ3n) is 11.2. The van der Waals surface area contributed by atoms with Crippen molar-refractivity contribution in [3.8, 4) is 11.5 Å². The second kappa shape index (κ2) is 11.5. The van der Waals surface area contributed by atoms with Gasteiger partial charge in [0.1, 0.15) is 11.5 Å². The fraction of sp³-hybridized carbons (Fsp3) is 0.275. The van der Waals surface area contributed by atoms with Crippen LogP contribution in [0.15, 0.2) is 108 Å². The quantitative estimate of drug-likeness (QED) is 0.278. The number of carbonyl (C=O) groups is 5. The highest BCUT2D eigenvalue weighted by atomic mass is 16.5. The van der Waals surface area contributed by atoms with E-state index in [9.17, 15) is 29.4 Å². The summed E-state index contributed by atoms with van der Waals surface area (Å²) in [5.74, 6) is -5.40. The van der Waals surface area contributed by atoms with Crippen LogP contribution in [0.4, 0.5) is 0 Å². The number of amides is 2. The molecule has 0 radical (unpaired) electrons. The molecular weight excluding hydrogens is 622 g/mol. The van der Waals surface area contributed by atoms with Crippen LogP contribution in [0.5, 0.6) is 11.5 Å². The summed E-state index contributed by atoms with van der Waals surface area (Å²) in [4.78, 5) is 70.3. The number of Topliss-reactive ketones (excluding diaryl/α,β-unsaturated/α-hetero) is 1. The molecule has 6 unspecified atom stereocenters. The standard InChI is InChI=1S/C40H33NO8/c42-26-11-14-32-23(18-26)17-24(21-49-32)36-27-12-13-28-35(39(48)41(38(28)47)16-15-34(44)45)30(27)19-31-37(46)29(22-7-3-1-4-8-22)20-33(43)40(31,36)25-9-5-2-6-10-25/h1-12,14,18,20-21,28,30-31,35-36,42H,13,15-17,19H2,(H,44,45). The van der Waals surface area contributed by atoms with Crippen LogP contribution in [0.2, 0.25) is 0 Å². The number of nitrogens with zero attached hydrogens (tertiary/aromatic N) is 1. The summed E-state index contributed by atoms with van der Waals surface area (Å²) in [5, 5.41) is 19.7. The highest BCUT2D eigenvalue weighted by Gasteiger charge is 2.66. The number of allylic oxidation sites excluding steroid dienone is 5. The van der Waals surface area contributed by atoms with Crippen molar-refractivity contribution >= 4 is 34.9 Å². The number of carbonyl (C=O) groups excluding carboxylic acids is 4. The van der Waals surface area contributed by atoms with Crippen LogP contribution in [0.1, 0.15) is 36.0 Å². The van der Waals surface area contributed by atoms with Gasteiger partial charge in [0.05, 0.1) is 29.9 Å². The van der Waals surface area contributed by atoms with Crippen molar-refractivity contribution in [2.24, 2.45) is 29.6 Å². The number of phenolic OH excluding ortho intramolecular Hbond substituents is 1. The van der Waals surface area contributed by atoms with Gasteiger partial charge in [-0.1, -0.05) is 72.3 Å². The van der Waals surface area contributed by atoms with Crippen LogP contribution in [-0.4, -0.2) is 51.0 Å². The number of carboxylic acids is 1. The normalized spacial score (nSPS) is 28.7.